The van der Waals surface area contributed by atoms with Crippen LogP contribution in [0.1, 0.15) is 18.4 Å². The number of amides is 1. The number of nitriles is 1. The topological polar surface area (TPSA) is 93.3 Å². The monoisotopic (exact) mass is 248 g/mol. The maximum atomic E-state index is 12.0. The molecule has 0 fully saturated rings. The van der Waals surface area contributed by atoms with Crippen molar-refractivity contribution in [3.8, 4) is 6.07 Å². The van der Waals surface area contributed by atoms with E-state index >= 15 is 0 Å². The minimum Gasteiger partial charge on any atom is -0.394 e. The van der Waals surface area contributed by atoms with E-state index < -0.39 is 30.6 Å². The molecule has 0 saturated heterocycles. The Labute approximate surface area is 106 Å². The van der Waals surface area contributed by atoms with Crippen LogP contribution in [0, 0.1) is 11.3 Å². The van der Waals surface area contributed by atoms with Crippen molar-refractivity contribution in [2.24, 2.45) is 0 Å². The van der Waals surface area contributed by atoms with Crippen molar-refractivity contribution >= 4 is 5.91 Å². The van der Waals surface area contributed by atoms with Crippen LogP contribution in [-0.4, -0.2) is 34.9 Å². The molecule has 1 atom stereocenters. The molecule has 96 valence electrons. The van der Waals surface area contributed by atoms with Crippen molar-refractivity contribution in [1.82, 2.24) is 5.32 Å². The number of nitrogens with zero attached hydrogens (tertiary/aromatic N) is 1. The summed E-state index contributed by atoms with van der Waals surface area (Å²) < 4.78 is 0. The number of carbonyl (C=O) groups is 1. The Morgan fingerprint density at radius 2 is 1.94 bits per heavy atom. The number of benzene rings is 1. The van der Waals surface area contributed by atoms with Crippen LogP contribution in [-0.2, 0) is 4.79 Å². The average Bonchev–Trinajstić information content (AvgIpc) is 2.40. The van der Waals surface area contributed by atoms with Crippen LogP contribution in [0.4, 0.5) is 0 Å². The fourth-order valence-corrected chi connectivity index (χ4v) is 1.43. The zero-order chi connectivity index (χ0) is 13.6. The van der Waals surface area contributed by atoms with Crippen molar-refractivity contribution < 1.29 is 15.0 Å². The Bertz CT molecular complexity index is 435. The van der Waals surface area contributed by atoms with E-state index in [4.69, 9.17) is 15.5 Å². The Morgan fingerprint density at radius 3 is 2.39 bits per heavy atom. The molecular weight excluding hydrogens is 232 g/mol. The molecule has 5 heteroatoms. The largest absolute Gasteiger partial charge is 0.394 e. The Morgan fingerprint density at radius 1 is 1.39 bits per heavy atom. The first-order chi connectivity index (χ1) is 8.56. The number of aliphatic hydroxyl groups excluding tert-OH is 2. The second kappa shape index (κ2) is 6.15. The van der Waals surface area contributed by atoms with Crippen molar-refractivity contribution in [2.75, 3.05) is 13.2 Å². The van der Waals surface area contributed by atoms with Gasteiger partial charge in [0.2, 0.25) is 5.91 Å². The van der Waals surface area contributed by atoms with E-state index in [1.165, 1.54) is 6.92 Å². The number of hydrogen-bond acceptors (Lipinski definition) is 4. The van der Waals surface area contributed by atoms with E-state index in [-0.39, 0.29) is 0 Å². The predicted molar refractivity (Wildman–Crippen MR) is 65.5 cm³/mol. The average molecular weight is 248 g/mol. The SMILES string of the molecule is CC(CO)(CO)NC(=O)C(C#N)c1ccccc1. The lowest BCUT2D eigenvalue weighted by molar-refractivity contribution is -0.124. The van der Waals surface area contributed by atoms with Crippen LogP contribution < -0.4 is 5.32 Å². The lowest BCUT2D eigenvalue weighted by Crippen LogP contribution is -2.53. The summed E-state index contributed by atoms with van der Waals surface area (Å²) >= 11 is 0. The van der Waals surface area contributed by atoms with Gasteiger partial charge in [-0.05, 0) is 12.5 Å². The minimum atomic E-state index is -1.12. The van der Waals surface area contributed by atoms with Crippen LogP contribution in [0.5, 0.6) is 0 Å². The van der Waals surface area contributed by atoms with E-state index in [1.807, 2.05) is 6.07 Å². The van der Waals surface area contributed by atoms with Gasteiger partial charge in [-0.1, -0.05) is 30.3 Å². The molecule has 0 spiro atoms. The first-order valence-electron chi connectivity index (χ1n) is 5.54. The molecule has 0 heterocycles. The first-order valence-corrected chi connectivity index (χ1v) is 5.54. The zero-order valence-corrected chi connectivity index (χ0v) is 10.1. The quantitative estimate of drug-likeness (QED) is 0.691. The van der Waals surface area contributed by atoms with Gasteiger partial charge in [0.25, 0.3) is 0 Å². The standard InChI is InChI=1S/C13H16N2O3/c1-13(8-16,9-17)15-12(18)11(7-14)10-5-3-2-4-6-10/h2-6,11,16-17H,8-9H2,1H3,(H,15,18). The highest BCUT2D eigenvalue weighted by atomic mass is 16.3. The molecule has 1 aromatic carbocycles. The summed E-state index contributed by atoms with van der Waals surface area (Å²) in [6.45, 7) is 0.703. The summed E-state index contributed by atoms with van der Waals surface area (Å²) in [7, 11) is 0. The van der Waals surface area contributed by atoms with E-state index in [2.05, 4.69) is 5.32 Å². The van der Waals surface area contributed by atoms with E-state index in [1.54, 1.807) is 30.3 Å². The van der Waals surface area contributed by atoms with Gasteiger partial charge >= 0.3 is 0 Å². The molecule has 1 aromatic rings. The van der Waals surface area contributed by atoms with Gasteiger partial charge in [-0.3, -0.25) is 4.79 Å². The summed E-state index contributed by atoms with van der Waals surface area (Å²) in [6.07, 6.45) is 0. The number of hydrogen-bond donors (Lipinski definition) is 3. The molecule has 0 aliphatic rings. The van der Waals surface area contributed by atoms with Gasteiger partial charge in [0.1, 0.15) is 5.92 Å². The highest BCUT2D eigenvalue weighted by Gasteiger charge is 2.29. The van der Waals surface area contributed by atoms with Gasteiger partial charge in [0.15, 0.2) is 0 Å². The van der Waals surface area contributed by atoms with Crippen molar-refractivity contribution in [1.29, 1.82) is 5.26 Å². The minimum absolute atomic E-state index is 0.401. The zero-order valence-electron chi connectivity index (χ0n) is 10.1. The third-order valence-corrected chi connectivity index (χ3v) is 2.65. The molecule has 0 aliphatic heterocycles. The second-order valence-corrected chi connectivity index (χ2v) is 4.34. The molecule has 1 rings (SSSR count). The van der Waals surface area contributed by atoms with E-state index in [0.717, 1.165) is 0 Å². The summed E-state index contributed by atoms with van der Waals surface area (Å²) in [5.74, 6) is -1.49. The molecule has 0 aliphatic carbocycles. The maximum Gasteiger partial charge on any atom is 0.242 e. The van der Waals surface area contributed by atoms with Crippen LogP contribution >= 0.6 is 0 Å². The molecule has 5 nitrogen and oxygen atoms in total. The van der Waals surface area contributed by atoms with Gasteiger partial charge in [-0.25, -0.2) is 0 Å². The Kier molecular flexibility index (Phi) is 4.84. The smallest absolute Gasteiger partial charge is 0.242 e. The Balaban J connectivity index is 2.86. The van der Waals surface area contributed by atoms with E-state index in [0.29, 0.717) is 5.56 Å². The third kappa shape index (κ3) is 3.29. The normalized spacial score (nSPS) is 12.6. The van der Waals surface area contributed by atoms with Crippen LogP contribution in [0.15, 0.2) is 30.3 Å². The first kappa shape index (κ1) is 14.2. The Hall–Kier alpha value is -1.90. The maximum absolute atomic E-state index is 12.0. The highest BCUT2D eigenvalue weighted by Crippen LogP contribution is 2.16. The van der Waals surface area contributed by atoms with Gasteiger partial charge in [0, 0.05) is 0 Å². The molecular formula is C13H16N2O3. The highest BCUT2D eigenvalue weighted by molar-refractivity contribution is 5.87. The summed E-state index contributed by atoms with van der Waals surface area (Å²) in [5, 5.41) is 29.7. The molecule has 1 unspecified atom stereocenters. The predicted octanol–water partition coefficient (Wildman–Crippen LogP) is 0.153. The fourth-order valence-electron chi connectivity index (χ4n) is 1.43. The van der Waals surface area contributed by atoms with E-state index in [9.17, 15) is 4.79 Å². The molecule has 3 N–H and O–H groups in total. The summed E-state index contributed by atoms with van der Waals surface area (Å²) in [6, 6.07) is 10.6. The van der Waals surface area contributed by atoms with Crippen molar-refractivity contribution in [2.45, 2.75) is 18.4 Å². The van der Waals surface area contributed by atoms with Crippen LogP contribution in [0.3, 0.4) is 0 Å². The summed E-state index contributed by atoms with van der Waals surface area (Å²) in [5.41, 5.74) is -0.545. The molecule has 1 amide bonds. The lowest BCUT2D eigenvalue weighted by atomic mass is 9.97. The van der Waals surface area contributed by atoms with Gasteiger partial charge in [-0.2, -0.15) is 5.26 Å². The summed E-state index contributed by atoms with van der Waals surface area (Å²) in [4.78, 5) is 12.0. The lowest BCUT2D eigenvalue weighted by Gasteiger charge is -2.27. The number of aliphatic hydroxyl groups is 2. The fraction of sp³-hybridized carbons (Fsp3) is 0.385. The van der Waals surface area contributed by atoms with Crippen molar-refractivity contribution in [3.63, 3.8) is 0 Å². The van der Waals surface area contributed by atoms with Gasteiger partial charge < -0.3 is 15.5 Å². The molecule has 0 aromatic heterocycles. The second-order valence-electron chi connectivity index (χ2n) is 4.34. The van der Waals surface area contributed by atoms with Crippen molar-refractivity contribution in [3.05, 3.63) is 35.9 Å². The molecule has 0 saturated carbocycles. The molecule has 18 heavy (non-hydrogen) atoms. The van der Waals surface area contributed by atoms with Gasteiger partial charge in [0.05, 0.1) is 24.8 Å². The number of nitrogens with one attached hydrogen (secondary N) is 1. The van der Waals surface area contributed by atoms with Crippen LogP contribution in [0.25, 0.3) is 0 Å². The van der Waals surface area contributed by atoms with Crippen LogP contribution in [0.2, 0.25) is 0 Å². The van der Waals surface area contributed by atoms with Gasteiger partial charge in [-0.15, -0.1) is 0 Å². The third-order valence-electron chi connectivity index (χ3n) is 2.65. The molecule has 0 bridgehead atoms. The number of rotatable bonds is 5. The molecule has 0 radical (unpaired) electrons. The number of carbonyl (C=O) groups excluding carboxylic acids is 1.